The summed E-state index contributed by atoms with van der Waals surface area (Å²) < 4.78 is 1.62. The van der Waals surface area contributed by atoms with Crippen LogP contribution in [0.25, 0.3) is 10.9 Å². The molecule has 0 unspecified atom stereocenters. The first-order valence-electron chi connectivity index (χ1n) is 8.09. The number of hydrogen-bond acceptors (Lipinski definition) is 5. The first-order chi connectivity index (χ1) is 12.5. The SMILES string of the molecule is CC(C)n1c(SCC(=O)NCc2cccs2)nc2cc(Cl)ccc2c1=O. The maximum Gasteiger partial charge on any atom is 0.262 e. The molecule has 0 fully saturated rings. The lowest BCUT2D eigenvalue weighted by Crippen LogP contribution is -2.27. The Hall–Kier alpha value is -1.83. The average Bonchev–Trinajstić information content (AvgIpc) is 3.11. The minimum absolute atomic E-state index is 0.0632. The molecule has 2 aromatic heterocycles. The maximum atomic E-state index is 12.8. The van der Waals surface area contributed by atoms with Crippen LogP contribution >= 0.6 is 34.7 Å². The van der Waals surface area contributed by atoms with Crippen molar-refractivity contribution >= 4 is 51.5 Å². The third kappa shape index (κ3) is 4.28. The number of hydrogen-bond donors (Lipinski definition) is 1. The molecule has 1 amide bonds. The van der Waals surface area contributed by atoms with E-state index in [0.29, 0.717) is 27.6 Å². The monoisotopic (exact) mass is 407 g/mol. The van der Waals surface area contributed by atoms with Crippen LogP contribution in [0.3, 0.4) is 0 Å². The van der Waals surface area contributed by atoms with Gasteiger partial charge in [0.15, 0.2) is 5.16 Å². The minimum Gasteiger partial charge on any atom is -0.350 e. The Morgan fingerprint density at radius 3 is 2.88 bits per heavy atom. The number of benzene rings is 1. The lowest BCUT2D eigenvalue weighted by atomic mass is 10.2. The Morgan fingerprint density at radius 2 is 2.19 bits per heavy atom. The Bertz CT molecular complexity index is 984. The summed E-state index contributed by atoms with van der Waals surface area (Å²) in [5.41, 5.74) is 0.420. The molecular weight excluding hydrogens is 390 g/mol. The van der Waals surface area contributed by atoms with Crippen molar-refractivity contribution in [2.24, 2.45) is 0 Å². The van der Waals surface area contributed by atoms with Crippen LogP contribution in [-0.4, -0.2) is 21.2 Å². The summed E-state index contributed by atoms with van der Waals surface area (Å²) in [7, 11) is 0. The highest BCUT2D eigenvalue weighted by molar-refractivity contribution is 7.99. The van der Waals surface area contributed by atoms with Gasteiger partial charge in [-0.1, -0.05) is 29.4 Å². The number of aromatic nitrogens is 2. The summed E-state index contributed by atoms with van der Waals surface area (Å²) >= 11 is 8.88. The highest BCUT2D eigenvalue weighted by Gasteiger charge is 2.15. The molecule has 2 heterocycles. The van der Waals surface area contributed by atoms with Crippen molar-refractivity contribution in [2.75, 3.05) is 5.75 Å². The molecule has 136 valence electrons. The van der Waals surface area contributed by atoms with Gasteiger partial charge >= 0.3 is 0 Å². The summed E-state index contributed by atoms with van der Waals surface area (Å²) in [6.45, 7) is 4.35. The molecule has 5 nitrogen and oxygen atoms in total. The number of thioether (sulfide) groups is 1. The summed E-state index contributed by atoms with van der Waals surface area (Å²) in [5, 5.41) is 6.42. The average molecular weight is 408 g/mol. The first-order valence-corrected chi connectivity index (χ1v) is 10.3. The van der Waals surface area contributed by atoms with Crippen molar-refractivity contribution < 1.29 is 4.79 Å². The van der Waals surface area contributed by atoms with Gasteiger partial charge in [0.25, 0.3) is 5.56 Å². The molecule has 26 heavy (non-hydrogen) atoms. The number of halogens is 1. The molecule has 0 aliphatic heterocycles. The van der Waals surface area contributed by atoms with Crippen LogP contribution in [-0.2, 0) is 11.3 Å². The number of nitrogens with one attached hydrogen (secondary N) is 1. The highest BCUT2D eigenvalue weighted by atomic mass is 35.5. The second-order valence-electron chi connectivity index (χ2n) is 5.97. The van der Waals surface area contributed by atoms with Crippen LogP contribution in [0.15, 0.2) is 45.7 Å². The predicted octanol–water partition coefficient (Wildman–Crippen LogP) is 4.10. The van der Waals surface area contributed by atoms with Crippen LogP contribution in [0, 0.1) is 0 Å². The molecule has 0 aliphatic carbocycles. The second kappa shape index (κ2) is 8.24. The number of carbonyl (C=O) groups excluding carboxylic acids is 1. The van der Waals surface area contributed by atoms with Gasteiger partial charge in [-0.3, -0.25) is 14.2 Å². The number of nitrogens with zero attached hydrogens (tertiary/aromatic N) is 2. The molecule has 1 N–H and O–H groups in total. The molecule has 0 aliphatic rings. The Labute approximate surface area is 164 Å². The Balaban J connectivity index is 1.80. The van der Waals surface area contributed by atoms with Crippen LogP contribution in [0.5, 0.6) is 0 Å². The van der Waals surface area contributed by atoms with Gasteiger partial charge in [0, 0.05) is 15.9 Å². The van der Waals surface area contributed by atoms with Gasteiger partial charge in [-0.2, -0.15) is 0 Å². The van der Waals surface area contributed by atoms with Crippen molar-refractivity contribution in [1.82, 2.24) is 14.9 Å². The van der Waals surface area contributed by atoms with Crippen molar-refractivity contribution in [2.45, 2.75) is 31.6 Å². The number of amides is 1. The van der Waals surface area contributed by atoms with Crippen molar-refractivity contribution in [3.05, 3.63) is 56.0 Å². The van der Waals surface area contributed by atoms with E-state index < -0.39 is 0 Å². The van der Waals surface area contributed by atoms with E-state index in [1.807, 2.05) is 31.4 Å². The van der Waals surface area contributed by atoms with Gasteiger partial charge < -0.3 is 5.32 Å². The van der Waals surface area contributed by atoms with Crippen LogP contribution in [0.2, 0.25) is 5.02 Å². The van der Waals surface area contributed by atoms with Gasteiger partial charge in [-0.05, 0) is 43.5 Å². The standard InChI is InChI=1S/C18H18ClN3O2S2/c1-11(2)22-17(24)14-6-5-12(19)8-15(14)21-18(22)26-10-16(23)20-9-13-4-3-7-25-13/h3-8,11H,9-10H2,1-2H3,(H,20,23). The molecular formula is C18H18ClN3O2S2. The van der Waals surface area contributed by atoms with E-state index in [2.05, 4.69) is 10.3 Å². The molecule has 1 aromatic carbocycles. The van der Waals surface area contributed by atoms with E-state index in [1.165, 1.54) is 11.8 Å². The number of rotatable bonds is 6. The fourth-order valence-electron chi connectivity index (χ4n) is 2.49. The summed E-state index contributed by atoms with van der Waals surface area (Å²) in [6.07, 6.45) is 0. The third-order valence-corrected chi connectivity index (χ3v) is 5.78. The zero-order valence-electron chi connectivity index (χ0n) is 14.4. The maximum absolute atomic E-state index is 12.8. The highest BCUT2D eigenvalue weighted by Crippen LogP contribution is 2.22. The first kappa shape index (κ1) is 18.9. The van der Waals surface area contributed by atoms with Crippen LogP contribution in [0.1, 0.15) is 24.8 Å². The van der Waals surface area contributed by atoms with Crippen molar-refractivity contribution in [3.63, 3.8) is 0 Å². The summed E-state index contributed by atoms with van der Waals surface area (Å²) in [5.74, 6) is 0.0931. The van der Waals surface area contributed by atoms with Gasteiger partial charge in [0.05, 0.1) is 23.2 Å². The van der Waals surface area contributed by atoms with E-state index in [4.69, 9.17) is 11.6 Å². The molecule has 3 rings (SSSR count). The zero-order valence-corrected chi connectivity index (χ0v) is 16.7. The lowest BCUT2D eigenvalue weighted by Gasteiger charge is -2.16. The van der Waals surface area contributed by atoms with Crippen molar-refractivity contribution in [1.29, 1.82) is 0 Å². The number of thiophene rings is 1. The second-order valence-corrected chi connectivity index (χ2v) is 8.38. The Kier molecular flexibility index (Phi) is 6.01. The van der Waals surface area contributed by atoms with Crippen LogP contribution in [0.4, 0.5) is 0 Å². The number of carbonyl (C=O) groups is 1. The smallest absolute Gasteiger partial charge is 0.262 e. The van der Waals surface area contributed by atoms with E-state index in [0.717, 1.165) is 4.88 Å². The fraction of sp³-hybridized carbons (Fsp3) is 0.278. The largest absolute Gasteiger partial charge is 0.350 e. The summed E-state index contributed by atoms with van der Waals surface area (Å²) in [6, 6.07) is 8.90. The molecule has 0 bridgehead atoms. The zero-order chi connectivity index (χ0) is 18.7. The van der Waals surface area contributed by atoms with Gasteiger partial charge in [0.2, 0.25) is 5.91 Å². The fourth-order valence-corrected chi connectivity index (χ4v) is 4.26. The normalized spacial score (nSPS) is 11.2. The Morgan fingerprint density at radius 1 is 1.38 bits per heavy atom. The van der Waals surface area contributed by atoms with Crippen molar-refractivity contribution in [3.8, 4) is 0 Å². The molecule has 0 spiro atoms. The quantitative estimate of drug-likeness (QED) is 0.493. The minimum atomic E-state index is -0.122. The van der Waals surface area contributed by atoms with E-state index in [9.17, 15) is 9.59 Å². The van der Waals surface area contributed by atoms with Gasteiger partial charge in [-0.25, -0.2) is 4.98 Å². The number of fused-ring (bicyclic) bond motifs is 1. The molecule has 0 radical (unpaired) electrons. The summed E-state index contributed by atoms with van der Waals surface area (Å²) in [4.78, 5) is 30.6. The van der Waals surface area contributed by atoms with Gasteiger partial charge in [0.1, 0.15) is 0 Å². The topological polar surface area (TPSA) is 64.0 Å². The molecule has 0 saturated carbocycles. The molecule has 0 atom stereocenters. The predicted molar refractivity (Wildman–Crippen MR) is 108 cm³/mol. The van der Waals surface area contributed by atoms with Crippen LogP contribution < -0.4 is 10.9 Å². The third-order valence-electron chi connectivity index (χ3n) is 3.72. The molecule has 8 heteroatoms. The van der Waals surface area contributed by atoms with E-state index in [-0.39, 0.29) is 23.3 Å². The van der Waals surface area contributed by atoms with Gasteiger partial charge in [-0.15, -0.1) is 11.3 Å². The molecule has 0 saturated heterocycles. The van der Waals surface area contributed by atoms with E-state index in [1.54, 1.807) is 34.1 Å². The lowest BCUT2D eigenvalue weighted by molar-refractivity contribution is -0.118. The van der Waals surface area contributed by atoms with E-state index >= 15 is 0 Å². The molecule has 3 aromatic rings.